The van der Waals surface area contributed by atoms with E-state index in [0.29, 0.717) is 31.0 Å². The van der Waals surface area contributed by atoms with Crippen LogP contribution < -0.4 is 15.1 Å². The van der Waals surface area contributed by atoms with Crippen molar-refractivity contribution in [1.82, 2.24) is 9.97 Å². The van der Waals surface area contributed by atoms with Crippen molar-refractivity contribution in [3.05, 3.63) is 36.2 Å². The van der Waals surface area contributed by atoms with Crippen molar-refractivity contribution in [3.63, 3.8) is 0 Å². The summed E-state index contributed by atoms with van der Waals surface area (Å²) in [5.74, 6) is -0.989. The van der Waals surface area contributed by atoms with E-state index in [4.69, 9.17) is 0 Å². The van der Waals surface area contributed by atoms with Crippen LogP contribution in [0.5, 0.6) is 5.75 Å². The summed E-state index contributed by atoms with van der Waals surface area (Å²) in [4.78, 5) is 36.7. The van der Waals surface area contributed by atoms with Crippen LogP contribution in [0.4, 0.5) is 35.3 Å². The van der Waals surface area contributed by atoms with E-state index < -0.39 is 42.3 Å². The lowest BCUT2D eigenvalue weighted by molar-refractivity contribution is -0.133. The summed E-state index contributed by atoms with van der Waals surface area (Å²) < 4.78 is 37.4. The quantitative estimate of drug-likeness (QED) is 0.735. The van der Waals surface area contributed by atoms with Gasteiger partial charge in [0.15, 0.2) is 17.3 Å². The lowest BCUT2D eigenvalue weighted by atomic mass is 10.1. The van der Waals surface area contributed by atoms with E-state index in [9.17, 15) is 27.9 Å². The van der Waals surface area contributed by atoms with Crippen molar-refractivity contribution in [1.29, 1.82) is 0 Å². The Morgan fingerprint density at radius 2 is 2.10 bits per heavy atom. The van der Waals surface area contributed by atoms with Gasteiger partial charge in [-0.3, -0.25) is 15.0 Å². The van der Waals surface area contributed by atoms with E-state index in [2.05, 4.69) is 15.3 Å². The molecular formula is C19H18F3N5O3. The molecule has 1 fully saturated rings. The number of halogens is 3. The third kappa shape index (κ3) is 3.87. The minimum Gasteiger partial charge on any atom is -0.505 e. The van der Waals surface area contributed by atoms with Gasteiger partial charge in [-0.1, -0.05) is 6.07 Å². The first-order valence-corrected chi connectivity index (χ1v) is 9.33. The van der Waals surface area contributed by atoms with Crippen molar-refractivity contribution in [2.75, 3.05) is 28.2 Å². The van der Waals surface area contributed by atoms with Crippen molar-refractivity contribution in [2.24, 2.45) is 0 Å². The number of anilines is 3. The van der Waals surface area contributed by atoms with Gasteiger partial charge in [0.25, 0.3) is 0 Å². The zero-order valence-corrected chi connectivity index (χ0v) is 15.7. The lowest BCUT2D eigenvalue weighted by Crippen LogP contribution is -2.48. The second-order valence-corrected chi connectivity index (χ2v) is 7.14. The van der Waals surface area contributed by atoms with Crippen LogP contribution in [0.25, 0.3) is 0 Å². The van der Waals surface area contributed by atoms with Crippen molar-refractivity contribution < 1.29 is 27.9 Å². The number of aromatic hydroxyl groups is 1. The van der Waals surface area contributed by atoms with Gasteiger partial charge in [0.2, 0.25) is 0 Å². The Kier molecular flexibility index (Phi) is 4.96. The number of nitrogens with one attached hydrogen (secondary N) is 1. The number of pyridine rings is 2. The number of urea groups is 1. The van der Waals surface area contributed by atoms with Gasteiger partial charge >= 0.3 is 12.2 Å². The SMILES string of the molecule is O=C(CCC(F)(F)F)c1nc2c(cc1O)N1CC[C@@H](C1)N2C(=O)Nc1ccccn1. The minimum absolute atomic E-state index is 0.130. The second kappa shape index (κ2) is 7.47. The van der Waals surface area contributed by atoms with Gasteiger partial charge < -0.3 is 10.0 Å². The molecule has 2 aromatic rings. The van der Waals surface area contributed by atoms with E-state index >= 15 is 0 Å². The summed E-state index contributed by atoms with van der Waals surface area (Å²) in [5.41, 5.74) is -0.0269. The van der Waals surface area contributed by atoms with Gasteiger partial charge in [-0.25, -0.2) is 14.8 Å². The molecule has 2 N–H and O–H groups in total. The molecule has 4 heterocycles. The third-order valence-electron chi connectivity index (χ3n) is 5.08. The van der Waals surface area contributed by atoms with Crippen LogP contribution in [0.1, 0.15) is 29.8 Å². The highest BCUT2D eigenvalue weighted by Gasteiger charge is 2.41. The molecule has 0 radical (unpaired) electrons. The lowest BCUT2D eigenvalue weighted by Gasteiger charge is -2.35. The fourth-order valence-electron chi connectivity index (χ4n) is 3.68. The molecule has 0 saturated carbocycles. The standard InChI is InChI=1S/C19H18F3N5O3/c20-19(21,22)6-4-13(28)16-14(29)9-12-17(25-16)27(11-5-8-26(12)10-11)18(30)24-15-3-1-2-7-23-15/h1-3,7,9,11,29H,4-6,8,10H2,(H,23,24,30)/t11-/m0/s1. The van der Waals surface area contributed by atoms with E-state index in [-0.39, 0.29) is 11.9 Å². The number of nitrogens with zero attached hydrogens (tertiary/aromatic N) is 4. The molecule has 1 atom stereocenters. The van der Waals surface area contributed by atoms with Crippen LogP contribution in [-0.2, 0) is 0 Å². The van der Waals surface area contributed by atoms with Crippen LogP contribution in [0.2, 0.25) is 0 Å². The number of hydrogen-bond donors (Lipinski definition) is 2. The monoisotopic (exact) mass is 421 g/mol. The van der Waals surface area contributed by atoms with Gasteiger partial charge in [0, 0.05) is 31.8 Å². The summed E-state index contributed by atoms with van der Waals surface area (Å²) in [7, 11) is 0. The van der Waals surface area contributed by atoms with Crippen LogP contribution in [-0.4, -0.2) is 52.2 Å². The van der Waals surface area contributed by atoms with Gasteiger partial charge in [0.05, 0.1) is 18.2 Å². The first-order chi connectivity index (χ1) is 14.2. The molecule has 0 aromatic carbocycles. The Morgan fingerprint density at radius 3 is 2.80 bits per heavy atom. The fraction of sp³-hybridized carbons (Fsp3) is 0.368. The topological polar surface area (TPSA) is 98.7 Å². The Labute approximate surface area is 169 Å². The summed E-state index contributed by atoms with van der Waals surface area (Å²) in [5, 5.41) is 12.9. The highest BCUT2D eigenvalue weighted by atomic mass is 19.4. The zero-order valence-electron chi connectivity index (χ0n) is 15.7. The molecule has 0 unspecified atom stereocenters. The number of Topliss-reactive ketones (excluding diaryl/α,β-unsaturated/α-hetero) is 1. The molecular weight excluding hydrogens is 403 g/mol. The van der Waals surface area contributed by atoms with Crippen molar-refractivity contribution in [2.45, 2.75) is 31.5 Å². The van der Waals surface area contributed by atoms with Crippen LogP contribution in [0, 0.1) is 0 Å². The number of rotatable bonds is 4. The van der Waals surface area contributed by atoms with Crippen LogP contribution >= 0.6 is 0 Å². The normalized spacial score (nSPS) is 17.6. The molecule has 158 valence electrons. The number of carbonyl (C=O) groups is 2. The van der Waals surface area contributed by atoms with Gasteiger partial charge in [-0.2, -0.15) is 13.2 Å². The highest BCUT2D eigenvalue weighted by molar-refractivity contribution is 6.05. The van der Waals surface area contributed by atoms with Crippen LogP contribution in [0.3, 0.4) is 0 Å². The number of carbonyl (C=O) groups excluding carboxylic acids is 2. The number of alkyl halides is 3. The first-order valence-electron chi connectivity index (χ1n) is 9.33. The van der Waals surface area contributed by atoms with E-state index in [1.165, 1.54) is 17.2 Å². The van der Waals surface area contributed by atoms with E-state index in [1.54, 1.807) is 18.2 Å². The molecule has 2 amide bonds. The number of hydrogen-bond acceptors (Lipinski definition) is 6. The predicted octanol–water partition coefficient (Wildman–Crippen LogP) is 3.34. The number of fused-ring (bicyclic) bond motifs is 4. The number of amides is 2. The molecule has 2 aromatic heterocycles. The van der Waals surface area contributed by atoms with E-state index in [1.807, 2.05) is 4.90 Å². The molecule has 0 spiro atoms. The maximum absolute atomic E-state index is 13.0. The smallest absolute Gasteiger partial charge is 0.389 e. The molecule has 8 nitrogen and oxygen atoms in total. The highest BCUT2D eigenvalue weighted by Crippen LogP contribution is 2.42. The average Bonchev–Trinajstić information content (AvgIpc) is 3.11. The average molecular weight is 421 g/mol. The minimum atomic E-state index is -4.50. The zero-order chi connectivity index (χ0) is 21.5. The molecule has 2 aliphatic heterocycles. The summed E-state index contributed by atoms with van der Waals surface area (Å²) in [6, 6.07) is 5.55. The Hall–Kier alpha value is -3.37. The van der Waals surface area contributed by atoms with Crippen molar-refractivity contribution in [3.8, 4) is 5.75 Å². The molecule has 30 heavy (non-hydrogen) atoms. The number of ketones is 1. The van der Waals surface area contributed by atoms with Crippen LogP contribution in [0.15, 0.2) is 30.5 Å². The molecule has 2 aliphatic rings. The maximum Gasteiger partial charge on any atom is 0.389 e. The number of aromatic nitrogens is 2. The predicted molar refractivity (Wildman–Crippen MR) is 102 cm³/mol. The summed E-state index contributed by atoms with van der Waals surface area (Å²) >= 11 is 0. The Morgan fingerprint density at radius 1 is 1.30 bits per heavy atom. The van der Waals surface area contributed by atoms with Gasteiger partial charge in [0.1, 0.15) is 11.6 Å². The first kappa shape index (κ1) is 19.9. The summed E-state index contributed by atoms with van der Waals surface area (Å²) in [6.07, 6.45) is -4.49. The Bertz CT molecular complexity index is 983. The second-order valence-electron chi connectivity index (χ2n) is 7.14. The molecule has 11 heteroatoms. The van der Waals surface area contributed by atoms with Crippen molar-refractivity contribution >= 4 is 29.1 Å². The third-order valence-corrected chi connectivity index (χ3v) is 5.08. The maximum atomic E-state index is 13.0. The van der Waals surface area contributed by atoms with Gasteiger partial charge in [-0.05, 0) is 18.6 Å². The largest absolute Gasteiger partial charge is 0.505 e. The molecule has 0 aliphatic carbocycles. The summed E-state index contributed by atoms with van der Waals surface area (Å²) in [6.45, 7) is 1.14. The molecule has 2 bridgehead atoms. The van der Waals surface area contributed by atoms with E-state index in [0.717, 1.165) is 0 Å². The Balaban J connectivity index is 1.66. The molecule has 4 rings (SSSR count). The molecule has 1 saturated heterocycles. The van der Waals surface area contributed by atoms with Gasteiger partial charge in [-0.15, -0.1) is 0 Å². The fourth-order valence-corrected chi connectivity index (χ4v) is 3.68.